The number of carbonyl (C=O) groups is 1. The number of benzene rings is 1. The summed E-state index contributed by atoms with van der Waals surface area (Å²) in [6.45, 7) is 0.535. The zero-order valence-electron chi connectivity index (χ0n) is 11.1. The first-order valence-electron chi connectivity index (χ1n) is 6.42. The molecule has 0 atom stereocenters. The summed E-state index contributed by atoms with van der Waals surface area (Å²) in [5.74, 6) is 0.321. The molecule has 0 radical (unpaired) electrons. The zero-order chi connectivity index (χ0) is 14.5. The summed E-state index contributed by atoms with van der Waals surface area (Å²) in [6.07, 6.45) is 4.06. The van der Waals surface area contributed by atoms with Gasteiger partial charge in [-0.2, -0.15) is 5.21 Å². The van der Waals surface area contributed by atoms with Crippen LogP contribution in [0.3, 0.4) is 0 Å². The van der Waals surface area contributed by atoms with Gasteiger partial charge in [0.15, 0.2) is 0 Å². The van der Waals surface area contributed by atoms with E-state index in [1.54, 1.807) is 30.7 Å². The topological polar surface area (TPSA) is 112 Å². The molecule has 0 aliphatic rings. The van der Waals surface area contributed by atoms with Crippen molar-refractivity contribution in [3.05, 3.63) is 48.0 Å². The fourth-order valence-electron chi connectivity index (χ4n) is 1.92. The van der Waals surface area contributed by atoms with Gasteiger partial charge < -0.3 is 10.3 Å². The molecular weight excluding hydrogens is 270 g/mol. The second kappa shape index (κ2) is 5.95. The molecule has 0 saturated heterocycles. The van der Waals surface area contributed by atoms with Gasteiger partial charge in [-0.1, -0.05) is 12.1 Å². The lowest BCUT2D eigenvalue weighted by Crippen LogP contribution is -2.25. The minimum Gasteiger partial charge on any atom is -0.352 e. The number of nitrogens with one attached hydrogen (secondary N) is 3. The van der Waals surface area contributed by atoms with Crippen LogP contribution in [0.1, 0.15) is 16.1 Å². The van der Waals surface area contributed by atoms with Crippen LogP contribution in [-0.2, 0) is 6.42 Å². The lowest BCUT2D eigenvalue weighted by molar-refractivity contribution is 0.0954. The van der Waals surface area contributed by atoms with Gasteiger partial charge in [0.1, 0.15) is 0 Å². The third kappa shape index (κ3) is 3.11. The number of imidazole rings is 1. The molecule has 1 amide bonds. The highest BCUT2D eigenvalue weighted by atomic mass is 16.1. The fourth-order valence-corrected chi connectivity index (χ4v) is 1.92. The number of rotatable bonds is 5. The van der Waals surface area contributed by atoms with Gasteiger partial charge in [0.05, 0.1) is 6.33 Å². The Balaban J connectivity index is 1.63. The van der Waals surface area contributed by atoms with Gasteiger partial charge >= 0.3 is 0 Å². The van der Waals surface area contributed by atoms with E-state index < -0.39 is 0 Å². The second-order valence-corrected chi connectivity index (χ2v) is 4.40. The summed E-state index contributed by atoms with van der Waals surface area (Å²) in [7, 11) is 0. The largest absolute Gasteiger partial charge is 0.352 e. The summed E-state index contributed by atoms with van der Waals surface area (Å²) in [5.41, 5.74) is 2.28. The SMILES string of the molecule is O=C(NCCc1cnc[nH]1)c1cccc(-c2nn[nH]n2)c1. The van der Waals surface area contributed by atoms with Crippen LogP contribution in [0, 0.1) is 0 Å². The zero-order valence-corrected chi connectivity index (χ0v) is 11.1. The van der Waals surface area contributed by atoms with E-state index in [4.69, 9.17) is 0 Å². The first kappa shape index (κ1) is 13.0. The van der Waals surface area contributed by atoms with Gasteiger partial charge in [0, 0.05) is 36.0 Å². The Labute approximate surface area is 120 Å². The standard InChI is InChI=1S/C13H13N7O/c21-13(15-5-4-11-7-14-8-16-11)10-3-1-2-9(6-10)12-17-19-20-18-12/h1-3,6-8H,4-5H2,(H,14,16)(H,15,21)(H,17,18,19,20). The summed E-state index contributed by atoms with van der Waals surface area (Å²) < 4.78 is 0. The monoisotopic (exact) mass is 283 g/mol. The number of H-pyrrole nitrogens is 2. The number of hydrogen-bond acceptors (Lipinski definition) is 5. The molecule has 0 unspecified atom stereocenters. The molecule has 0 spiro atoms. The van der Waals surface area contributed by atoms with Crippen molar-refractivity contribution in [2.75, 3.05) is 6.54 Å². The number of carbonyl (C=O) groups excluding carboxylic acids is 1. The molecule has 2 aromatic heterocycles. The Morgan fingerprint density at radius 3 is 3.05 bits per heavy atom. The molecule has 3 aromatic rings. The van der Waals surface area contributed by atoms with Crippen LogP contribution in [0.5, 0.6) is 0 Å². The molecular formula is C13H13N7O. The number of aromatic nitrogens is 6. The van der Waals surface area contributed by atoms with E-state index in [-0.39, 0.29) is 5.91 Å². The smallest absolute Gasteiger partial charge is 0.251 e. The van der Waals surface area contributed by atoms with Crippen molar-refractivity contribution in [1.82, 2.24) is 35.9 Å². The second-order valence-electron chi connectivity index (χ2n) is 4.40. The van der Waals surface area contributed by atoms with E-state index in [9.17, 15) is 4.79 Å². The van der Waals surface area contributed by atoms with Crippen LogP contribution in [0.4, 0.5) is 0 Å². The lowest BCUT2D eigenvalue weighted by atomic mass is 10.1. The molecule has 0 fully saturated rings. The summed E-state index contributed by atoms with van der Waals surface area (Å²) >= 11 is 0. The van der Waals surface area contributed by atoms with E-state index in [0.717, 1.165) is 11.3 Å². The van der Waals surface area contributed by atoms with E-state index in [2.05, 4.69) is 35.9 Å². The van der Waals surface area contributed by atoms with Crippen molar-refractivity contribution in [1.29, 1.82) is 0 Å². The van der Waals surface area contributed by atoms with Gasteiger partial charge in [-0.25, -0.2) is 4.98 Å². The Bertz CT molecular complexity index is 706. The first-order chi connectivity index (χ1) is 10.3. The van der Waals surface area contributed by atoms with Crippen molar-refractivity contribution in [2.24, 2.45) is 0 Å². The average Bonchev–Trinajstić information content (AvgIpc) is 3.21. The molecule has 0 saturated carbocycles. The van der Waals surface area contributed by atoms with Crippen molar-refractivity contribution in [3.8, 4) is 11.4 Å². The molecule has 3 N–H and O–H groups in total. The van der Waals surface area contributed by atoms with Crippen LogP contribution in [0.15, 0.2) is 36.8 Å². The van der Waals surface area contributed by atoms with Crippen LogP contribution < -0.4 is 5.32 Å². The lowest BCUT2D eigenvalue weighted by Gasteiger charge is -2.05. The van der Waals surface area contributed by atoms with Gasteiger partial charge in [-0.15, -0.1) is 10.2 Å². The molecule has 8 heteroatoms. The Morgan fingerprint density at radius 1 is 1.33 bits per heavy atom. The van der Waals surface area contributed by atoms with E-state index in [1.165, 1.54) is 0 Å². The van der Waals surface area contributed by atoms with Crippen molar-refractivity contribution < 1.29 is 4.79 Å². The molecule has 1 aromatic carbocycles. The molecule has 106 valence electrons. The van der Waals surface area contributed by atoms with Crippen LogP contribution in [-0.4, -0.2) is 43.0 Å². The Hall–Kier alpha value is -3.03. The minimum atomic E-state index is -0.139. The van der Waals surface area contributed by atoms with Crippen LogP contribution >= 0.6 is 0 Å². The molecule has 0 aliphatic carbocycles. The molecule has 0 aliphatic heterocycles. The number of aromatic amines is 2. The predicted molar refractivity (Wildman–Crippen MR) is 74.2 cm³/mol. The van der Waals surface area contributed by atoms with Crippen molar-refractivity contribution >= 4 is 5.91 Å². The van der Waals surface area contributed by atoms with Gasteiger partial charge in [-0.05, 0) is 17.3 Å². The normalized spacial score (nSPS) is 10.5. The summed E-state index contributed by atoms with van der Waals surface area (Å²) in [5, 5.41) is 16.5. The number of hydrogen-bond donors (Lipinski definition) is 3. The quantitative estimate of drug-likeness (QED) is 0.633. The molecule has 8 nitrogen and oxygen atoms in total. The summed E-state index contributed by atoms with van der Waals surface area (Å²) in [6, 6.07) is 7.09. The minimum absolute atomic E-state index is 0.139. The Morgan fingerprint density at radius 2 is 2.29 bits per heavy atom. The predicted octanol–water partition coefficient (Wildman–Crippen LogP) is 0.562. The van der Waals surface area contributed by atoms with E-state index >= 15 is 0 Å². The Kier molecular flexibility index (Phi) is 3.68. The maximum absolute atomic E-state index is 12.1. The molecule has 21 heavy (non-hydrogen) atoms. The number of amides is 1. The number of tetrazole rings is 1. The summed E-state index contributed by atoms with van der Waals surface area (Å²) in [4.78, 5) is 19.0. The van der Waals surface area contributed by atoms with Gasteiger partial charge in [0.2, 0.25) is 5.82 Å². The maximum atomic E-state index is 12.1. The van der Waals surface area contributed by atoms with Crippen molar-refractivity contribution in [3.63, 3.8) is 0 Å². The molecule has 3 rings (SSSR count). The highest BCUT2D eigenvalue weighted by Gasteiger charge is 2.09. The fraction of sp³-hybridized carbons (Fsp3) is 0.154. The third-order valence-electron chi connectivity index (χ3n) is 2.96. The van der Waals surface area contributed by atoms with Gasteiger partial charge in [0.25, 0.3) is 5.91 Å². The molecule has 0 bridgehead atoms. The highest BCUT2D eigenvalue weighted by Crippen LogP contribution is 2.14. The van der Waals surface area contributed by atoms with Gasteiger partial charge in [-0.3, -0.25) is 4.79 Å². The average molecular weight is 283 g/mol. The van der Waals surface area contributed by atoms with E-state index in [0.29, 0.717) is 24.4 Å². The van der Waals surface area contributed by atoms with Crippen LogP contribution in [0.2, 0.25) is 0 Å². The van der Waals surface area contributed by atoms with E-state index in [1.807, 2.05) is 6.07 Å². The van der Waals surface area contributed by atoms with Crippen molar-refractivity contribution in [2.45, 2.75) is 6.42 Å². The van der Waals surface area contributed by atoms with Crippen LogP contribution in [0.25, 0.3) is 11.4 Å². The molecule has 2 heterocycles. The number of nitrogens with zero attached hydrogens (tertiary/aromatic N) is 4. The third-order valence-corrected chi connectivity index (χ3v) is 2.96. The maximum Gasteiger partial charge on any atom is 0.251 e. The first-order valence-corrected chi connectivity index (χ1v) is 6.42. The highest BCUT2D eigenvalue weighted by molar-refractivity contribution is 5.95.